The van der Waals surface area contributed by atoms with Crippen LogP contribution in [-0.2, 0) is 16.1 Å². The number of morpholine rings is 1. The Morgan fingerprint density at radius 3 is 2.89 bits per heavy atom. The van der Waals surface area contributed by atoms with Crippen LogP contribution in [-0.4, -0.2) is 33.9 Å². The molecule has 0 aliphatic carbocycles. The summed E-state index contributed by atoms with van der Waals surface area (Å²) in [5, 5.41) is 3.34. The SMILES string of the molecule is COCc1cc(OC)c(Br)cc1C1CNCCO1. The van der Waals surface area contributed by atoms with Crippen LogP contribution in [0.5, 0.6) is 5.75 Å². The Bertz CT molecular complexity index is 405. The van der Waals surface area contributed by atoms with E-state index in [0.717, 1.165) is 41.0 Å². The third-order valence-corrected chi connectivity index (χ3v) is 3.61. The van der Waals surface area contributed by atoms with E-state index in [1.165, 1.54) is 0 Å². The first kappa shape index (κ1) is 13.8. The molecule has 1 heterocycles. The third-order valence-electron chi connectivity index (χ3n) is 2.99. The second-order valence-corrected chi connectivity index (χ2v) is 5.04. The average molecular weight is 316 g/mol. The van der Waals surface area contributed by atoms with Crippen molar-refractivity contribution in [1.82, 2.24) is 5.32 Å². The summed E-state index contributed by atoms with van der Waals surface area (Å²) >= 11 is 3.52. The number of ether oxygens (including phenoxy) is 3. The topological polar surface area (TPSA) is 39.7 Å². The van der Waals surface area contributed by atoms with E-state index in [1.807, 2.05) is 6.07 Å². The highest BCUT2D eigenvalue weighted by molar-refractivity contribution is 9.10. The van der Waals surface area contributed by atoms with E-state index in [9.17, 15) is 0 Å². The van der Waals surface area contributed by atoms with Gasteiger partial charge >= 0.3 is 0 Å². The number of methoxy groups -OCH3 is 2. The molecule has 1 aliphatic rings. The molecule has 1 N–H and O–H groups in total. The zero-order valence-electron chi connectivity index (χ0n) is 10.7. The first-order valence-electron chi connectivity index (χ1n) is 5.93. The van der Waals surface area contributed by atoms with Crippen molar-refractivity contribution in [3.63, 3.8) is 0 Å². The molecule has 1 saturated heterocycles. The van der Waals surface area contributed by atoms with Crippen LogP contribution in [0.25, 0.3) is 0 Å². The van der Waals surface area contributed by atoms with E-state index in [2.05, 4.69) is 27.3 Å². The minimum absolute atomic E-state index is 0.0751. The van der Waals surface area contributed by atoms with Crippen LogP contribution in [0.4, 0.5) is 0 Å². The van der Waals surface area contributed by atoms with Crippen LogP contribution in [0.3, 0.4) is 0 Å². The average Bonchev–Trinajstić information content (AvgIpc) is 2.41. The number of hydrogen-bond acceptors (Lipinski definition) is 4. The molecule has 18 heavy (non-hydrogen) atoms. The van der Waals surface area contributed by atoms with Gasteiger partial charge in [0.05, 0.1) is 30.9 Å². The molecule has 0 radical (unpaired) electrons. The van der Waals surface area contributed by atoms with Crippen molar-refractivity contribution in [2.75, 3.05) is 33.9 Å². The molecule has 100 valence electrons. The fourth-order valence-electron chi connectivity index (χ4n) is 2.11. The smallest absolute Gasteiger partial charge is 0.133 e. The minimum atomic E-state index is 0.0751. The maximum Gasteiger partial charge on any atom is 0.133 e. The van der Waals surface area contributed by atoms with Gasteiger partial charge in [-0.2, -0.15) is 0 Å². The Hall–Kier alpha value is -0.620. The third kappa shape index (κ3) is 3.03. The molecule has 0 spiro atoms. The maximum absolute atomic E-state index is 5.80. The number of nitrogens with one attached hydrogen (secondary N) is 1. The Kier molecular flexibility index (Phi) is 5.00. The van der Waals surface area contributed by atoms with Crippen LogP contribution < -0.4 is 10.1 Å². The molecular formula is C13H18BrNO3. The molecule has 1 unspecified atom stereocenters. The lowest BCUT2D eigenvalue weighted by Crippen LogP contribution is -2.33. The van der Waals surface area contributed by atoms with E-state index in [-0.39, 0.29) is 6.10 Å². The highest BCUT2D eigenvalue weighted by Gasteiger charge is 2.20. The van der Waals surface area contributed by atoms with Crippen molar-refractivity contribution in [3.8, 4) is 5.75 Å². The van der Waals surface area contributed by atoms with Gasteiger partial charge in [0.25, 0.3) is 0 Å². The number of benzene rings is 1. The fraction of sp³-hybridized carbons (Fsp3) is 0.538. The largest absolute Gasteiger partial charge is 0.496 e. The van der Waals surface area contributed by atoms with Crippen molar-refractivity contribution in [2.45, 2.75) is 12.7 Å². The van der Waals surface area contributed by atoms with Crippen LogP contribution in [0.2, 0.25) is 0 Å². The van der Waals surface area contributed by atoms with Gasteiger partial charge in [-0.3, -0.25) is 0 Å². The summed E-state index contributed by atoms with van der Waals surface area (Å²) in [5.41, 5.74) is 2.25. The van der Waals surface area contributed by atoms with Gasteiger partial charge in [-0.1, -0.05) is 0 Å². The fourth-order valence-corrected chi connectivity index (χ4v) is 2.64. The van der Waals surface area contributed by atoms with Crippen molar-refractivity contribution in [2.24, 2.45) is 0 Å². The minimum Gasteiger partial charge on any atom is -0.496 e. The molecule has 0 amide bonds. The first-order valence-corrected chi connectivity index (χ1v) is 6.73. The summed E-state index contributed by atoms with van der Waals surface area (Å²) in [6.45, 7) is 3.03. The van der Waals surface area contributed by atoms with Crippen molar-refractivity contribution < 1.29 is 14.2 Å². The molecule has 0 bridgehead atoms. The second-order valence-electron chi connectivity index (χ2n) is 4.18. The van der Waals surface area contributed by atoms with Gasteiger partial charge in [-0.15, -0.1) is 0 Å². The standard InChI is InChI=1S/C13H18BrNO3/c1-16-8-9-5-12(17-2)11(14)6-10(9)13-7-15-3-4-18-13/h5-6,13,15H,3-4,7-8H2,1-2H3. The summed E-state index contributed by atoms with van der Waals surface area (Å²) < 4.78 is 17.3. The van der Waals surface area contributed by atoms with Crippen LogP contribution in [0.15, 0.2) is 16.6 Å². The van der Waals surface area contributed by atoms with Crippen molar-refractivity contribution in [3.05, 3.63) is 27.7 Å². The van der Waals surface area contributed by atoms with Gasteiger partial charge in [0, 0.05) is 20.2 Å². The molecule has 1 aromatic carbocycles. The van der Waals surface area contributed by atoms with E-state index in [4.69, 9.17) is 14.2 Å². The van der Waals surface area contributed by atoms with E-state index < -0.39 is 0 Å². The second kappa shape index (κ2) is 6.52. The quantitative estimate of drug-likeness (QED) is 0.925. The molecule has 1 fully saturated rings. The first-order chi connectivity index (χ1) is 8.76. The van der Waals surface area contributed by atoms with E-state index in [0.29, 0.717) is 6.61 Å². The molecule has 0 saturated carbocycles. The lowest BCUT2D eigenvalue weighted by Gasteiger charge is -2.26. The number of hydrogen-bond donors (Lipinski definition) is 1. The zero-order valence-corrected chi connectivity index (χ0v) is 12.2. The van der Waals surface area contributed by atoms with Gasteiger partial charge in [0.15, 0.2) is 0 Å². The molecule has 4 nitrogen and oxygen atoms in total. The number of halogens is 1. The zero-order chi connectivity index (χ0) is 13.0. The normalized spacial score (nSPS) is 19.8. The summed E-state index contributed by atoms with van der Waals surface area (Å²) in [7, 11) is 3.35. The molecule has 0 aromatic heterocycles. The Labute approximate surface area is 116 Å². The summed E-state index contributed by atoms with van der Waals surface area (Å²) in [6.07, 6.45) is 0.0751. The lowest BCUT2D eigenvalue weighted by atomic mass is 10.0. The molecular weight excluding hydrogens is 298 g/mol. The Balaban J connectivity index is 2.33. The van der Waals surface area contributed by atoms with Gasteiger partial charge < -0.3 is 19.5 Å². The van der Waals surface area contributed by atoms with Crippen LogP contribution >= 0.6 is 15.9 Å². The van der Waals surface area contributed by atoms with E-state index in [1.54, 1.807) is 14.2 Å². The van der Waals surface area contributed by atoms with Gasteiger partial charge in [-0.05, 0) is 39.2 Å². The summed E-state index contributed by atoms with van der Waals surface area (Å²) in [4.78, 5) is 0. The van der Waals surface area contributed by atoms with Gasteiger partial charge in [0.1, 0.15) is 5.75 Å². The monoisotopic (exact) mass is 315 g/mol. The molecule has 5 heteroatoms. The predicted molar refractivity (Wildman–Crippen MR) is 73.0 cm³/mol. The lowest BCUT2D eigenvalue weighted by molar-refractivity contribution is 0.0260. The molecule has 1 aliphatic heterocycles. The Morgan fingerprint density at radius 2 is 2.28 bits per heavy atom. The van der Waals surface area contributed by atoms with Gasteiger partial charge in [-0.25, -0.2) is 0 Å². The van der Waals surface area contributed by atoms with Crippen molar-refractivity contribution in [1.29, 1.82) is 0 Å². The van der Waals surface area contributed by atoms with E-state index >= 15 is 0 Å². The Morgan fingerprint density at radius 1 is 1.44 bits per heavy atom. The molecule has 1 aromatic rings. The maximum atomic E-state index is 5.80. The molecule has 2 rings (SSSR count). The summed E-state index contributed by atoms with van der Waals surface area (Å²) in [5.74, 6) is 0.814. The van der Waals surface area contributed by atoms with Gasteiger partial charge in [0.2, 0.25) is 0 Å². The number of rotatable bonds is 4. The summed E-state index contributed by atoms with van der Waals surface area (Å²) in [6, 6.07) is 4.06. The molecule has 1 atom stereocenters. The predicted octanol–water partition coefficient (Wildman–Crippen LogP) is 2.27. The van der Waals surface area contributed by atoms with Crippen molar-refractivity contribution >= 4 is 15.9 Å². The highest BCUT2D eigenvalue weighted by atomic mass is 79.9. The highest BCUT2D eigenvalue weighted by Crippen LogP contribution is 2.33. The van der Waals surface area contributed by atoms with Crippen LogP contribution in [0.1, 0.15) is 17.2 Å². The van der Waals surface area contributed by atoms with Crippen LogP contribution in [0, 0.1) is 0 Å².